The number of carbonyl (C=O) groups excluding carboxylic acids is 2. The summed E-state index contributed by atoms with van der Waals surface area (Å²) in [4.78, 5) is 24.3. The summed E-state index contributed by atoms with van der Waals surface area (Å²) >= 11 is 1.35. The largest absolute Gasteiger partial charge is 0.469 e. The standard InChI is InChI=1S/C15H13F2NO3S/c1-21-14(19)8-12(13-3-2-6-22-13)18-15(20)10-5-4-9(16)7-11(10)17/h2-7,12H,8H2,1H3,(H,18,20). The third kappa shape index (κ3) is 3.88. The van der Waals surface area contributed by atoms with Crippen molar-refractivity contribution in [1.29, 1.82) is 0 Å². The summed E-state index contributed by atoms with van der Waals surface area (Å²) in [7, 11) is 1.25. The van der Waals surface area contributed by atoms with Crippen LogP contribution in [0.25, 0.3) is 0 Å². The molecule has 2 aromatic rings. The van der Waals surface area contributed by atoms with Crippen LogP contribution in [0.15, 0.2) is 35.7 Å². The van der Waals surface area contributed by atoms with Gasteiger partial charge < -0.3 is 10.1 Å². The Labute approximate surface area is 129 Å². The van der Waals surface area contributed by atoms with Crippen LogP contribution in [-0.2, 0) is 9.53 Å². The normalized spacial score (nSPS) is 11.8. The van der Waals surface area contributed by atoms with Crippen molar-refractivity contribution >= 4 is 23.2 Å². The molecular formula is C15H13F2NO3S. The molecule has 0 radical (unpaired) electrons. The second kappa shape index (κ2) is 7.13. The highest BCUT2D eigenvalue weighted by molar-refractivity contribution is 7.10. The van der Waals surface area contributed by atoms with Gasteiger partial charge in [0.15, 0.2) is 0 Å². The zero-order valence-corrected chi connectivity index (χ0v) is 12.5. The first-order valence-corrected chi connectivity index (χ1v) is 7.25. The maximum Gasteiger partial charge on any atom is 0.307 e. The number of hydrogen-bond donors (Lipinski definition) is 1. The van der Waals surface area contributed by atoms with Gasteiger partial charge in [0, 0.05) is 10.9 Å². The number of halogens is 2. The summed E-state index contributed by atoms with van der Waals surface area (Å²) in [5, 5.41) is 4.37. The van der Waals surface area contributed by atoms with Crippen LogP contribution < -0.4 is 5.32 Å². The van der Waals surface area contributed by atoms with E-state index < -0.39 is 29.6 Å². The second-order valence-electron chi connectivity index (χ2n) is 4.45. The maximum absolute atomic E-state index is 13.6. The molecule has 1 heterocycles. The zero-order chi connectivity index (χ0) is 16.1. The van der Waals surface area contributed by atoms with Crippen LogP contribution in [0, 0.1) is 11.6 Å². The van der Waals surface area contributed by atoms with Gasteiger partial charge >= 0.3 is 5.97 Å². The third-order valence-corrected chi connectivity index (χ3v) is 3.95. The minimum absolute atomic E-state index is 0.0778. The van der Waals surface area contributed by atoms with Crippen LogP contribution in [0.2, 0.25) is 0 Å². The molecule has 0 saturated carbocycles. The lowest BCUT2D eigenvalue weighted by molar-refractivity contribution is -0.141. The highest BCUT2D eigenvalue weighted by atomic mass is 32.1. The Kier molecular flexibility index (Phi) is 5.21. The highest BCUT2D eigenvalue weighted by Gasteiger charge is 2.22. The van der Waals surface area contributed by atoms with Gasteiger partial charge in [-0.2, -0.15) is 0 Å². The molecule has 1 unspecified atom stereocenters. The summed E-state index contributed by atoms with van der Waals surface area (Å²) in [5.41, 5.74) is -0.284. The van der Waals surface area contributed by atoms with E-state index in [4.69, 9.17) is 0 Å². The molecule has 0 saturated heterocycles. The number of benzene rings is 1. The first kappa shape index (κ1) is 16.1. The Morgan fingerprint density at radius 3 is 2.68 bits per heavy atom. The van der Waals surface area contributed by atoms with E-state index in [0.717, 1.165) is 17.0 Å². The number of carbonyl (C=O) groups is 2. The monoisotopic (exact) mass is 325 g/mol. The Bertz CT molecular complexity index is 673. The molecule has 1 atom stereocenters. The molecule has 0 aliphatic carbocycles. The van der Waals surface area contributed by atoms with E-state index in [0.29, 0.717) is 6.07 Å². The van der Waals surface area contributed by atoms with Crippen molar-refractivity contribution in [3.05, 3.63) is 57.8 Å². The molecule has 1 N–H and O–H groups in total. The van der Waals surface area contributed by atoms with Crippen molar-refractivity contribution in [2.45, 2.75) is 12.5 Å². The minimum atomic E-state index is -0.958. The molecule has 0 fully saturated rings. The number of ether oxygens (including phenoxy) is 1. The van der Waals surface area contributed by atoms with Crippen molar-refractivity contribution in [3.8, 4) is 0 Å². The lowest BCUT2D eigenvalue weighted by atomic mass is 10.1. The lowest BCUT2D eigenvalue weighted by Crippen LogP contribution is -2.30. The average molecular weight is 325 g/mol. The lowest BCUT2D eigenvalue weighted by Gasteiger charge is -2.16. The zero-order valence-electron chi connectivity index (χ0n) is 11.6. The van der Waals surface area contributed by atoms with Crippen LogP contribution in [0.1, 0.15) is 27.7 Å². The van der Waals surface area contributed by atoms with E-state index in [1.165, 1.54) is 18.4 Å². The SMILES string of the molecule is COC(=O)CC(NC(=O)c1ccc(F)cc1F)c1cccs1. The molecule has 116 valence electrons. The molecule has 0 bridgehead atoms. The minimum Gasteiger partial charge on any atom is -0.469 e. The topological polar surface area (TPSA) is 55.4 Å². The third-order valence-electron chi connectivity index (χ3n) is 2.97. The van der Waals surface area contributed by atoms with Gasteiger partial charge in [-0.15, -0.1) is 11.3 Å². The molecule has 0 aliphatic heterocycles. The Hall–Kier alpha value is -2.28. The fraction of sp³-hybridized carbons (Fsp3) is 0.200. The number of nitrogens with one attached hydrogen (secondary N) is 1. The fourth-order valence-electron chi connectivity index (χ4n) is 1.87. The first-order chi connectivity index (χ1) is 10.5. The van der Waals surface area contributed by atoms with Crippen molar-refractivity contribution < 1.29 is 23.1 Å². The molecule has 1 amide bonds. The van der Waals surface area contributed by atoms with Crippen LogP contribution in [0.4, 0.5) is 8.78 Å². The van der Waals surface area contributed by atoms with Gasteiger partial charge in [0.05, 0.1) is 25.1 Å². The summed E-state index contributed by atoms with van der Waals surface area (Å²) in [6.07, 6.45) is -0.0778. The summed E-state index contributed by atoms with van der Waals surface area (Å²) in [6, 6.07) is 5.58. The number of esters is 1. The highest BCUT2D eigenvalue weighted by Crippen LogP contribution is 2.23. The van der Waals surface area contributed by atoms with Gasteiger partial charge in [-0.05, 0) is 23.6 Å². The van der Waals surface area contributed by atoms with Gasteiger partial charge in [-0.25, -0.2) is 8.78 Å². The van der Waals surface area contributed by atoms with E-state index in [9.17, 15) is 18.4 Å². The molecule has 2 rings (SSSR count). The summed E-state index contributed by atoms with van der Waals surface area (Å²) in [5.74, 6) is -2.95. The van der Waals surface area contributed by atoms with Crippen LogP contribution >= 0.6 is 11.3 Å². The van der Waals surface area contributed by atoms with E-state index >= 15 is 0 Å². The average Bonchev–Trinajstić information content (AvgIpc) is 3.00. The van der Waals surface area contributed by atoms with Crippen molar-refractivity contribution in [3.63, 3.8) is 0 Å². The predicted octanol–water partition coefficient (Wildman–Crippen LogP) is 3.06. The molecular weight excluding hydrogens is 312 g/mol. The van der Waals surface area contributed by atoms with Crippen LogP contribution in [0.3, 0.4) is 0 Å². The summed E-state index contributed by atoms with van der Waals surface area (Å²) < 4.78 is 31.1. The fourth-order valence-corrected chi connectivity index (χ4v) is 2.65. The molecule has 22 heavy (non-hydrogen) atoms. The molecule has 0 spiro atoms. The Morgan fingerprint density at radius 2 is 2.09 bits per heavy atom. The molecule has 4 nitrogen and oxygen atoms in total. The van der Waals surface area contributed by atoms with Crippen LogP contribution in [0.5, 0.6) is 0 Å². The number of amides is 1. The second-order valence-corrected chi connectivity index (χ2v) is 5.43. The summed E-state index contributed by atoms with van der Waals surface area (Å²) in [6.45, 7) is 0. The van der Waals surface area contributed by atoms with Gasteiger partial charge in [-0.3, -0.25) is 9.59 Å². The van der Waals surface area contributed by atoms with Gasteiger partial charge in [0.1, 0.15) is 11.6 Å². The van der Waals surface area contributed by atoms with Gasteiger partial charge in [0.25, 0.3) is 5.91 Å². The Balaban J connectivity index is 2.19. The smallest absolute Gasteiger partial charge is 0.307 e. The van der Waals surface area contributed by atoms with E-state index in [1.54, 1.807) is 17.5 Å². The van der Waals surface area contributed by atoms with E-state index in [2.05, 4.69) is 10.1 Å². The predicted molar refractivity (Wildman–Crippen MR) is 77.5 cm³/mol. The first-order valence-electron chi connectivity index (χ1n) is 6.37. The molecule has 7 heteroatoms. The van der Waals surface area contributed by atoms with Crippen molar-refractivity contribution in [1.82, 2.24) is 5.32 Å². The van der Waals surface area contributed by atoms with Gasteiger partial charge in [-0.1, -0.05) is 6.07 Å². The van der Waals surface area contributed by atoms with E-state index in [-0.39, 0.29) is 12.0 Å². The number of rotatable bonds is 5. The number of thiophene rings is 1. The molecule has 0 aliphatic rings. The van der Waals surface area contributed by atoms with E-state index in [1.807, 2.05) is 0 Å². The van der Waals surface area contributed by atoms with Crippen molar-refractivity contribution in [2.24, 2.45) is 0 Å². The molecule has 1 aromatic carbocycles. The number of methoxy groups -OCH3 is 1. The van der Waals surface area contributed by atoms with Gasteiger partial charge in [0.2, 0.25) is 0 Å². The quantitative estimate of drug-likeness (QED) is 0.860. The maximum atomic E-state index is 13.6. The number of hydrogen-bond acceptors (Lipinski definition) is 4. The van der Waals surface area contributed by atoms with Crippen LogP contribution in [-0.4, -0.2) is 19.0 Å². The Morgan fingerprint density at radius 1 is 1.32 bits per heavy atom. The van der Waals surface area contributed by atoms with Crippen molar-refractivity contribution in [2.75, 3.05) is 7.11 Å². The molecule has 1 aromatic heterocycles.